The Bertz CT molecular complexity index is 1140. The number of hydrogen-bond acceptors (Lipinski definition) is 6. The molecule has 4 rings (SSSR count). The standard InChI is InChI=1S/C24H21Cl3N2O6/c1-34-20-7-4-13(25)8-19(20)28-21(30)11-35-24(33)12-2-5-14(6-3-12)29-22(31)15-9-17(26)18(27)10-16(15)23(29)32/h2-8,15-18H,9-11H2,1H3,(H,28,30)/t15-,16+,17-,18-/m0/s1. The molecule has 1 saturated carbocycles. The second-order valence-corrected chi connectivity index (χ2v) is 9.80. The lowest BCUT2D eigenvalue weighted by Gasteiger charge is -2.28. The molecule has 2 aromatic carbocycles. The van der Waals surface area contributed by atoms with Crippen molar-refractivity contribution in [2.45, 2.75) is 23.6 Å². The Labute approximate surface area is 216 Å². The average Bonchev–Trinajstić information content (AvgIpc) is 3.07. The van der Waals surface area contributed by atoms with E-state index in [9.17, 15) is 19.2 Å². The van der Waals surface area contributed by atoms with Crippen molar-refractivity contribution in [2.75, 3.05) is 23.9 Å². The number of methoxy groups -OCH3 is 1. The van der Waals surface area contributed by atoms with Crippen molar-refractivity contribution < 1.29 is 28.7 Å². The smallest absolute Gasteiger partial charge is 0.338 e. The van der Waals surface area contributed by atoms with Crippen molar-refractivity contribution >= 4 is 69.9 Å². The Balaban J connectivity index is 1.37. The largest absolute Gasteiger partial charge is 0.495 e. The molecule has 35 heavy (non-hydrogen) atoms. The van der Waals surface area contributed by atoms with Crippen molar-refractivity contribution in [1.82, 2.24) is 0 Å². The van der Waals surface area contributed by atoms with Gasteiger partial charge in [-0.25, -0.2) is 4.79 Å². The number of imide groups is 1. The number of anilines is 2. The molecule has 2 aliphatic rings. The molecule has 0 radical (unpaired) electrons. The number of nitrogens with one attached hydrogen (secondary N) is 1. The van der Waals surface area contributed by atoms with Crippen LogP contribution in [0.2, 0.25) is 5.02 Å². The Morgan fingerprint density at radius 1 is 1.00 bits per heavy atom. The van der Waals surface area contributed by atoms with Gasteiger partial charge in [0.15, 0.2) is 6.61 Å². The molecular weight excluding hydrogens is 519 g/mol. The van der Waals surface area contributed by atoms with E-state index in [0.717, 1.165) is 4.90 Å². The zero-order valence-corrected chi connectivity index (χ0v) is 20.8. The Morgan fingerprint density at radius 3 is 2.17 bits per heavy atom. The second kappa shape index (κ2) is 10.4. The zero-order chi connectivity index (χ0) is 25.3. The summed E-state index contributed by atoms with van der Waals surface area (Å²) in [4.78, 5) is 51.5. The minimum Gasteiger partial charge on any atom is -0.495 e. The summed E-state index contributed by atoms with van der Waals surface area (Å²) in [5.41, 5.74) is 0.834. The van der Waals surface area contributed by atoms with Gasteiger partial charge in [-0.05, 0) is 55.3 Å². The summed E-state index contributed by atoms with van der Waals surface area (Å²) in [7, 11) is 1.45. The highest BCUT2D eigenvalue weighted by molar-refractivity contribution is 6.31. The Kier molecular flexibility index (Phi) is 7.54. The van der Waals surface area contributed by atoms with Crippen molar-refractivity contribution in [3.05, 3.63) is 53.1 Å². The van der Waals surface area contributed by atoms with Crippen LogP contribution in [0.25, 0.3) is 0 Å². The summed E-state index contributed by atoms with van der Waals surface area (Å²) >= 11 is 18.4. The number of ether oxygens (including phenoxy) is 2. The van der Waals surface area contributed by atoms with Gasteiger partial charge in [0.1, 0.15) is 5.75 Å². The summed E-state index contributed by atoms with van der Waals surface area (Å²) in [6.45, 7) is -0.540. The third-order valence-electron chi connectivity index (χ3n) is 6.04. The first-order chi connectivity index (χ1) is 16.7. The van der Waals surface area contributed by atoms with E-state index in [1.165, 1.54) is 37.4 Å². The summed E-state index contributed by atoms with van der Waals surface area (Å²) in [6, 6.07) is 10.5. The summed E-state index contributed by atoms with van der Waals surface area (Å²) in [5, 5.41) is 2.23. The Morgan fingerprint density at radius 2 is 1.60 bits per heavy atom. The number of carbonyl (C=O) groups excluding carboxylic acids is 4. The van der Waals surface area contributed by atoms with Crippen molar-refractivity contribution in [3.63, 3.8) is 0 Å². The van der Waals surface area contributed by atoms with E-state index in [-0.39, 0.29) is 28.1 Å². The maximum Gasteiger partial charge on any atom is 0.338 e. The first kappa shape index (κ1) is 25.3. The van der Waals surface area contributed by atoms with Gasteiger partial charge in [0.25, 0.3) is 5.91 Å². The summed E-state index contributed by atoms with van der Waals surface area (Å²) in [6.07, 6.45) is 0.685. The third kappa shape index (κ3) is 5.24. The lowest BCUT2D eigenvalue weighted by atomic mass is 9.80. The van der Waals surface area contributed by atoms with Gasteiger partial charge in [-0.1, -0.05) is 11.6 Å². The van der Waals surface area contributed by atoms with Crippen LogP contribution in [-0.4, -0.2) is 48.2 Å². The van der Waals surface area contributed by atoms with Gasteiger partial charge in [-0.3, -0.25) is 19.3 Å². The van der Waals surface area contributed by atoms with Crippen LogP contribution in [0.4, 0.5) is 11.4 Å². The van der Waals surface area contributed by atoms with E-state index in [2.05, 4.69) is 5.32 Å². The first-order valence-electron chi connectivity index (χ1n) is 10.8. The van der Waals surface area contributed by atoms with E-state index in [4.69, 9.17) is 44.3 Å². The molecule has 4 atom stereocenters. The molecule has 184 valence electrons. The lowest BCUT2D eigenvalue weighted by Crippen LogP contribution is -2.34. The molecule has 1 aliphatic carbocycles. The normalized spacial score (nSPS) is 23.6. The minimum absolute atomic E-state index is 0.153. The second-order valence-electron chi connectivity index (χ2n) is 8.24. The summed E-state index contributed by atoms with van der Waals surface area (Å²) < 4.78 is 10.2. The minimum atomic E-state index is -0.743. The molecule has 11 heteroatoms. The lowest BCUT2D eigenvalue weighted by molar-refractivity contribution is -0.122. The van der Waals surface area contributed by atoms with Gasteiger partial charge in [0.2, 0.25) is 11.8 Å². The fraction of sp³-hybridized carbons (Fsp3) is 0.333. The van der Waals surface area contributed by atoms with Crippen LogP contribution in [0, 0.1) is 11.8 Å². The highest BCUT2D eigenvalue weighted by Gasteiger charge is 2.52. The maximum absolute atomic E-state index is 12.9. The number of amides is 3. The molecule has 0 unspecified atom stereocenters. The molecule has 0 aromatic heterocycles. The van der Waals surface area contributed by atoms with Gasteiger partial charge in [0.05, 0.1) is 46.6 Å². The van der Waals surface area contributed by atoms with Crippen LogP contribution < -0.4 is 15.0 Å². The van der Waals surface area contributed by atoms with E-state index in [1.807, 2.05) is 0 Å². The number of fused-ring (bicyclic) bond motifs is 1. The fourth-order valence-corrected chi connectivity index (χ4v) is 5.04. The SMILES string of the molecule is COc1ccc(Cl)cc1NC(=O)COC(=O)c1ccc(N2C(=O)[C@H]3C[C@H](Cl)[C@@H](Cl)C[C@H]3C2=O)cc1. The van der Waals surface area contributed by atoms with Crippen LogP contribution in [-0.2, 0) is 19.1 Å². The van der Waals surface area contributed by atoms with Gasteiger partial charge < -0.3 is 14.8 Å². The quantitative estimate of drug-likeness (QED) is 0.334. The maximum atomic E-state index is 12.9. The molecule has 8 nitrogen and oxygen atoms in total. The zero-order valence-electron chi connectivity index (χ0n) is 18.5. The van der Waals surface area contributed by atoms with Crippen LogP contribution in [0.1, 0.15) is 23.2 Å². The third-order valence-corrected chi connectivity index (χ3v) is 7.37. The molecule has 0 bridgehead atoms. The topological polar surface area (TPSA) is 102 Å². The van der Waals surface area contributed by atoms with Gasteiger partial charge in [0, 0.05) is 5.02 Å². The first-order valence-corrected chi connectivity index (χ1v) is 12.0. The molecule has 2 aromatic rings. The number of benzene rings is 2. The van der Waals surface area contributed by atoms with Crippen LogP contribution >= 0.6 is 34.8 Å². The van der Waals surface area contributed by atoms with E-state index < -0.39 is 30.3 Å². The Hall–Kier alpha value is -2.81. The molecule has 1 N–H and O–H groups in total. The number of nitrogens with zero attached hydrogens (tertiary/aromatic N) is 1. The molecular formula is C24H21Cl3N2O6. The van der Waals surface area contributed by atoms with E-state index in [1.54, 1.807) is 12.1 Å². The monoisotopic (exact) mass is 538 g/mol. The number of halogens is 3. The van der Waals surface area contributed by atoms with Gasteiger partial charge in [-0.15, -0.1) is 23.2 Å². The number of hydrogen-bond donors (Lipinski definition) is 1. The highest BCUT2D eigenvalue weighted by Crippen LogP contribution is 2.43. The molecule has 1 saturated heterocycles. The highest BCUT2D eigenvalue weighted by atomic mass is 35.5. The predicted molar refractivity (Wildman–Crippen MR) is 131 cm³/mol. The molecule has 0 spiro atoms. The number of carbonyl (C=O) groups is 4. The fourth-order valence-electron chi connectivity index (χ4n) is 4.27. The van der Waals surface area contributed by atoms with Crippen molar-refractivity contribution in [1.29, 1.82) is 0 Å². The van der Waals surface area contributed by atoms with Crippen LogP contribution in [0.15, 0.2) is 42.5 Å². The molecule has 2 fully saturated rings. The van der Waals surface area contributed by atoms with Gasteiger partial charge >= 0.3 is 5.97 Å². The van der Waals surface area contributed by atoms with E-state index >= 15 is 0 Å². The van der Waals surface area contributed by atoms with Crippen LogP contribution in [0.3, 0.4) is 0 Å². The van der Waals surface area contributed by atoms with Crippen molar-refractivity contribution in [3.8, 4) is 5.75 Å². The van der Waals surface area contributed by atoms with Crippen LogP contribution in [0.5, 0.6) is 5.75 Å². The van der Waals surface area contributed by atoms with Crippen molar-refractivity contribution in [2.24, 2.45) is 11.8 Å². The number of rotatable bonds is 6. The summed E-state index contributed by atoms with van der Waals surface area (Å²) in [5.74, 6) is -2.56. The van der Waals surface area contributed by atoms with E-state index in [0.29, 0.717) is 35.0 Å². The number of alkyl halides is 2. The molecule has 1 aliphatic heterocycles. The molecule has 1 heterocycles. The number of esters is 1. The predicted octanol–water partition coefficient (Wildman–Crippen LogP) is 4.26. The average molecular weight is 540 g/mol. The van der Waals surface area contributed by atoms with Gasteiger partial charge in [-0.2, -0.15) is 0 Å². The molecule has 3 amide bonds.